The second kappa shape index (κ2) is 9.69. The van der Waals surface area contributed by atoms with Crippen molar-refractivity contribution >= 4 is 34.9 Å². The summed E-state index contributed by atoms with van der Waals surface area (Å²) in [5.74, 6) is 1.02. The fourth-order valence-electron chi connectivity index (χ4n) is 2.84. The lowest BCUT2D eigenvalue weighted by Gasteiger charge is -2.06. The molecule has 0 amide bonds. The standard InChI is InChI=1S/C20H19N5OS.CO2/c1-13-7-9-15(10-8-13)12-27-19-23-17(21)16-18(24-19)25(20(26)22-16)11-14-5-3-2-4-6-14;2-1-3/h2-10H,11-12H2,1H3,(H,22,26)(H2,21,23,24);. The average molecular weight is 421 g/mol. The lowest BCUT2D eigenvalue weighted by Crippen LogP contribution is -2.17. The van der Waals surface area contributed by atoms with E-state index < -0.39 is 0 Å². The molecule has 0 fully saturated rings. The molecule has 152 valence electrons. The van der Waals surface area contributed by atoms with Crippen molar-refractivity contribution in [3.05, 3.63) is 81.8 Å². The fraction of sp³-hybridized carbons (Fsp3) is 0.143. The Balaban J connectivity index is 0.000000806. The summed E-state index contributed by atoms with van der Waals surface area (Å²) in [6.45, 7) is 2.49. The molecule has 2 aromatic carbocycles. The van der Waals surface area contributed by atoms with E-state index in [-0.39, 0.29) is 17.7 Å². The summed E-state index contributed by atoms with van der Waals surface area (Å²) in [5, 5.41) is 0.557. The van der Waals surface area contributed by atoms with Crippen molar-refractivity contribution in [3.63, 3.8) is 0 Å². The van der Waals surface area contributed by atoms with Crippen LogP contribution in [0.3, 0.4) is 0 Å². The first-order chi connectivity index (χ1) is 14.5. The SMILES string of the molecule is Cc1ccc(CSc2nc(N)c3[nH]c(=O)n(Cc4ccccc4)c3n2)cc1.O=C=O. The molecule has 0 aliphatic heterocycles. The lowest BCUT2D eigenvalue weighted by atomic mass is 10.2. The monoisotopic (exact) mass is 421 g/mol. The van der Waals surface area contributed by atoms with Gasteiger partial charge in [0, 0.05) is 5.75 Å². The molecule has 4 aromatic rings. The molecule has 9 heteroatoms. The maximum Gasteiger partial charge on any atom is 0.373 e. The van der Waals surface area contributed by atoms with Crippen LogP contribution in [-0.4, -0.2) is 25.7 Å². The van der Waals surface area contributed by atoms with E-state index in [2.05, 4.69) is 46.1 Å². The fourth-order valence-corrected chi connectivity index (χ4v) is 3.64. The molecule has 0 aliphatic rings. The Hall–Kier alpha value is -3.68. The number of nitrogen functional groups attached to an aromatic ring is 1. The van der Waals surface area contributed by atoms with Crippen molar-refractivity contribution in [2.75, 3.05) is 5.73 Å². The molecule has 0 saturated carbocycles. The quantitative estimate of drug-likeness (QED) is 0.375. The molecule has 0 spiro atoms. The first-order valence-corrected chi connectivity index (χ1v) is 9.98. The van der Waals surface area contributed by atoms with Gasteiger partial charge in [-0.05, 0) is 18.1 Å². The van der Waals surface area contributed by atoms with Crippen molar-refractivity contribution in [1.82, 2.24) is 19.5 Å². The topological polar surface area (TPSA) is 124 Å². The minimum Gasteiger partial charge on any atom is -0.382 e. The number of H-pyrrole nitrogens is 1. The van der Waals surface area contributed by atoms with Crippen LogP contribution in [-0.2, 0) is 21.9 Å². The smallest absolute Gasteiger partial charge is 0.373 e. The number of benzene rings is 2. The van der Waals surface area contributed by atoms with E-state index in [1.807, 2.05) is 30.3 Å². The van der Waals surface area contributed by atoms with Crippen molar-refractivity contribution in [2.45, 2.75) is 24.4 Å². The lowest BCUT2D eigenvalue weighted by molar-refractivity contribution is -0.191. The maximum atomic E-state index is 12.4. The van der Waals surface area contributed by atoms with Crippen molar-refractivity contribution in [1.29, 1.82) is 0 Å². The van der Waals surface area contributed by atoms with Crippen LogP contribution < -0.4 is 11.4 Å². The molecule has 4 rings (SSSR count). The molecule has 2 heterocycles. The number of fused-ring (bicyclic) bond motifs is 1. The number of nitrogens with two attached hydrogens (primary N) is 1. The van der Waals surface area contributed by atoms with E-state index in [1.165, 1.54) is 22.9 Å². The Morgan fingerprint density at radius 1 is 1.03 bits per heavy atom. The zero-order valence-electron chi connectivity index (χ0n) is 16.2. The molecule has 0 aliphatic carbocycles. The van der Waals surface area contributed by atoms with Crippen LogP contribution in [0.15, 0.2) is 64.5 Å². The number of nitrogens with zero attached hydrogens (tertiary/aromatic N) is 3. The highest BCUT2D eigenvalue weighted by Crippen LogP contribution is 2.24. The third-order valence-electron chi connectivity index (χ3n) is 4.30. The van der Waals surface area contributed by atoms with Gasteiger partial charge in [-0.25, -0.2) is 14.8 Å². The van der Waals surface area contributed by atoms with Gasteiger partial charge in [0.15, 0.2) is 16.6 Å². The largest absolute Gasteiger partial charge is 0.382 e. The van der Waals surface area contributed by atoms with Crippen molar-refractivity contribution in [3.8, 4) is 0 Å². The van der Waals surface area contributed by atoms with Crippen LogP contribution in [0.4, 0.5) is 5.82 Å². The van der Waals surface area contributed by atoms with Gasteiger partial charge in [0.05, 0.1) is 6.54 Å². The highest BCUT2D eigenvalue weighted by molar-refractivity contribution is 7.98. The van der Waals surface area contributed by atoms with E-state index in [1.54, 1.807) is 4.57 Å². The summed E-state index contributed by atoms with van der Waals surface area (Å²) in [6, 6.07) is 18.1. The van der Waals surface area contributed by atoms with E-state index in [9.17, 15) is 4.79 Å². The normalized spacial score (nSPS) is 10.3. The van der Waals surface area contributed by atoms with E-state index in [4.69, 9.17) is 15.3 Å². The number of imidazole rings is 1. The molecule has 0 atom stereocenters. The minimum atomic E-state index is -0.240. The number of rotatable bonds is 5. The molecule has 0 saturated heterocycles. The number of nitrogens with one attached hydrogen (secondary N) is 1. The number of aryl methyl sites for hydroxylation is 1. The molecular formula is C21H19N5O3S. The molecule has 3 N–H and O–H groups in total. The van der Waals surface area contributed by atoms with Gasteiger partial charge in [-0.3, -0.25) is 4.57 Å². The van der Waals surface area contributed by atoms with Crippen LogP contribution in [0.5, 0.6) is 0 Å². The van der Waals surface area contributed by atoms with Crippen molar-refractivity contribution < 1.29 is 9.59 Å². The van der Waals surface area contributed by atoms with Crippen LogP contribution >= 0.6 is 11.8 Å². The third kappa shape index (κ3) is 5.02. The molecule has 8 nitrogen and oxygen atoms in total. The third-order valence-corrected chi connectivity index (χ3v) is 5.22. The van der Waals surface area contributed by atoms with Gasteiger partial charge >= 0.3 is 11.8 Å². The minimum absolute atomic E-state index is 0.240. The number of aromatic amines is 1. The van der Waals surface area contributed by atoms with Gasteiger partial charge in [-0.2, -0.15) is 9.59 Å². The Morgan fingerprint density at radius 3 is 2.37 bits per heavy atom. The Morgan fingerprint density at radius 2 is 1.70 bits per heavy atom. The van der Waals surface area contributed by atoms with Crippen LogP contribution in [0.2, 0.25) is 0 Å². The van der Waals surface area contributed by atoms with Crippen LogP contribution in [0.1, 0.15) is 16.7 Å². The number of anilines is 1. The molecule has 2 aromatic heterocycles. The van der Waals surface area contributed by atoms with Gasteiger partial charge in [-0.1, -0.05) is 71.9 Å². The molecule has 30 heavy (non-hydrogen) atoms. The molecule has 0 radical (unpaired) electrons. The summed E-state index contributed by atoms with van der Waals surface area (Å²) in [4.78, 5) is 40.3. The van der Waals surface area contributed by atoms with Crippen molar-refractivity contribution in [2.24, 2.45) is 0 Å². The number of aromatic nitrogens is 4. The van der Waals surface area contributed by atoms with Gasteiger partial charge in [0.25, 0.3) is 0 Å². The number of carbonyl (C=O) groups excluding carboxylic acids is 2. The predicted octanol–water partition coefficient (Wildman–Crippen LogP) is 2.77. The number of hydrogen-bond acceptors (Lipinski definition) is 7. The van der Waals surface area contributed by atoms with Gasteiger partial charge in [-0.15, -0.1) is 0 Å². The summed E-state index contributed by atoms with van der Waals surface area (Å²) < 4.78 is 1.60. The Bertz CT molecular complexity index is 1230. The van der Waals surface area contributed by atoms with Gasteiger partial charge in [0.2, 0.25) is 0 Å². The first kappa shape index (κ1) is 21.0. The zero-order chi connectivity index (χ0) is 21.5. The van der Waals surface area contributed by atoms with E-state index >= 15 is 0 Å². The zero-order valence-corrected chi connectivity index (χ0v) is 17.0. The second-order valence-corrected chi connectivity index (χ2v) is 7.39. The summed E-state index contributed by atoms with van der Waals surface area (Å²) in [7, 11) is 0. The first-order valence-electron chi connectivity index (χ1n) is 8.99. The Labute approximate surface area is 176 Å². The summed E-state index contributed by atoms with van der Waals surface area (Å²) in [6.07, 6.45) is 0.250. The number of thioether (sulfide) groups is 1. The predicted molar refractivity (Wildman–Crippen MR) is 114 cm³/mol. The van der Waals surface area contributed by atoms with E-state index in [0.29, 0.717) is 22.9 Å². The second-order valence-electron chi connectivity index (χ2n) is 6.45. The van der Waals surface area contributed by atoms with Crippen LogP contribution in [0, 0.1) is 6.92 Å². The Kier molecular flexibility index (Phi) is 6.79. The highest BCUT2D eigenvalue weighted by Gasteiger charge is 2.14. The van der Waals surface area contributed by atoms with Gasteiger partial charge in [0.1, 0.15) is 5.52 Å². The van der Waals surface area contributed by atoms with Crippen LogP contribution in [0.25, 0.3) is 11.2 Å². The van der Waals surface area contributed by atoms with E-state index in [0.717, 1.165) is 11.3 Å². The summed E-state index contributed by atoms with van der Waals surface area (Å²) in [5.41, 5.74) is 10.3. The van der Waals surface area contributed by atoms with Gasteiger partial charge < -0.3 is 10.7 Å². The number of hydrogen-bond donors (Lipinski definition) is 2. The average Bonchev–Trinajstić information content (AvgIpc) is 3.05. The molecule has 0 bridgehead atoms. The molecule has 0 unspecified atom stereocenters. The maximum absolute atomic E-state index is 12.4. The summed E-state index contributed by atoms with van der Waals surface area (Å²) >= 11 is 1.50. The molecular weight excluding hydrogens is 402 g/mol. The highest BCUT2D eigenvalue weighted by atomic mass is 32.2.